The summed E-state index contributed by atoms with van der Waals surface area (Å²) >= 11 is 0. The molecule has 2 aromatic heterocycles. The lowest BCUT2D eigenvalue weighted by Gasteiger charge is -2.19. The Hall–Kier alpha value is -4.06. The summed E-state index contributed by atoms with van der Waals surface area (Å²) in [7, 11) is -0.990. The molecule has 182 valence electrons. The number of methoxy groups -OCH3 is 2. The van der Waals surface area contributed by atoms with Crippen molar-refractivity contribution in [3.05, 3.63) is 72.6 Å². The Morgan fingerprint density at radius 1 is 0.971 bits per heavy atom. The standard InChI is InChI=1S/C23H23FN6O4S/c1-15(12-20-25-13-17(24)14-26-20)35(31,32)29-23-28-27-22(16-8-5-4-6-9-16)30(23)21-18(33-2)10-7-11-19(21)34-3/h4-11,13-15H,12H2,1-3H3,(H,28,29). The summed E-state index contributed by atoms with van der Waals surface area (Å²) in [6.07, 6.45) is 1.95. The second kappa shape index (κ2) is 10.1. The Morgan fingerprint density at radius 2 is 1.60 bits per heavy atom. The zero-order valence-corrected chi connectivity index (χ0v) is 20.0. The molecule has 0 aliphatic rings. The Kier molecular flexibility index (Phi) is 6.92. The van der Waals surface area contributed by atoms with Crippen molar-refractivity contribution in [2.45, 2.75) is 18.6 Å². The number of para-hydroxylation sites is 1. The molecule has 1 unspecified atom stereocenters. The van der Waals surface area contributed by atoms with Crippen LogP contribution in [0.15, 0.2) is 60.9 Å². The van der Waals surface area contributed by atoms with Crippen LogP contribution in [-0.2, 0) is 16.4 Å². The van der Waals surface area contributed by atoms with Gasteiger partial charge in [0.2, 0.25) is 16.0 Å². The van der Waals surface area contributed by atoms with Gasteiger partial charge in [-0.2, -0.15) is 0 Å². The molecule has 1 atom stereocenters. The highest BCUT2D eigenvalue weighted by atomic mass is 32.2. The van der Waals surface area contributed by atoms with Crippen molar-refractivity contribution in [2.75, 3.05) is 18.9 Å². The molecule has 0 bridgehead atoms. The molecule has 4 rings (SSSR count). The Balaban J connectivity index is 1.79. The summed E-state index contributed by atoms with van der Waals surface area (Å²) in [4.78, 5) is 7.70. The summed E-state index contributed by atoms with van der Waals surface area (Å²) in [5.41, 5.74) is 1.12. The molecule has 0 radical (unpaired) electrons. The number of sulfonamides is 1. The normalized spacial score (nSPS) is 12.2. The second-order valence-corrected chi connectivity index (χ2v) is 9.64. The molecule has 35 heavy (non-hydrogen) atoms. The van der Waals surface area contributed by atoms with Gasteiger partial charge in [-0.3, -0.25) is 9.29 Å². The van der Waals surface area contributed by atoms with Crippen LogP contribution in [0.3, 0.4) is 0 Å². The minimum atomic E-state index is -3.99. The summed E-state index contributed by atoms with van der Waals surface area (Å²) in [6, 6.07) is 14.4. The van der Waals surface area contributed by atoms with Gasteiger partial charge in [0, 0.05) is 12.0 Å². The molecule has 10 nitrogen and oxygen atoms in total. The highest BCUT2D eigenvalue weighted by Gasteiger charge is 2.28. The number of rotatable bonds is 9. The minimum Gasteiger partial charge on any atom is -0.494 e. The number of hydrogen-bond donors (Lipinski definition) is 1. The topological polar surface area (TPSA) is 121 Å². The fourth-order valence-electron chi connectivity index (χ4n) is 3.43. The molecule has 0 spiro atoms. The maximum Gasteiger partial charge on any atom is 0.243 e. The van der Waals surface area contributed by atoms with E-state index in [1.807, 2.05) is 30.3 Å². The summed E-state index contributed by atoms with van der Waals surface area (Å²) < 4.78 is 54.7. The lowest BCUT2D eigenvalue weighted by Crippen LogP contribution is -2.29. The molecule has 0 aliphatic carbocycles. The number of aromatic nitrogens is 5. The quantitative estimate of drug-likeness (QED) is 0.373. The van der Waals surface area contributed by atoms with Gasteiger partial charge >= 0.3 is 0 Å². The molecule has 2 aromatic carbocycles. The molecule has 0 saturated carbocycles. The maximum absolute atomic E-state index is 13.2. The van der Waals surface area contributed by atoms with Gasteiger partial charge < -0.3 is 9.47 Å². The molecule has 4 aromatic rings. The molecule has 2 heterocycles. The number of benzene rings is 2. The highest BCUT2D eigenvalue weighted by Crippen LogP contribution is 2.37. The van der Waals surface area contributed by atoms with Crippen molar-refractivity contribution >= 4 is 16.0 Å². The maximum atomic E-state index is 13.2. The Labute approximate surface area is 201 Å². The van der Waals surface area contributed by atoms with Crippen LogP contribution in [0.5, 0.6) is 11.5 Å². The number of ether oxygens (including phenoxy) is 2. The Morgan fingerprint density at radius 3 is 2.20 bits per heavy atom. The number of anilines is 1. The predicted molar refractivity (Wildman–Crippen MR) is 128 cm³/mol. The van der Waals surface area contributed by atoms with E-state index in [-0.39, 0.29) is 18.2 Å². The van der Waals surface area contributed by atoms with E-state index in [1.54, 1.807) is 18.2 Å². The number of nitrogens with zero attached hydrogens (tertiary/aromatic N) is 5. The van der Waals surface area contributed by atoms with Crippen LogP contribution in [-0.4, -0.2) is 52.6 Å². The van der Waals surface area contributed by atoms with E-state index in [2.05, 4.69) is 24.9 Å². The third kappa shape index (κ3) is 5.06. The van der Waals surface area contributed by atoms with Gasteiger partial charge in [-0.25, -0.2) is 22.8 Å². The first-order chi connectivity index (χ1) is 16.8. The Bertz CT molecular complexity index is 1390. The van der Waals surface area contributed by atoms with Crippen molar-refractivity contribution in [2.24, 2.45) is 0 Å². The second-order valence-electron chi connectivity index (χ2n) is 7.54. The lowest BCUT2D eigenvalue weighted by molar-refractivity contribution is 0.391. The summed E-state index contributed by atoms with van der Waals surface area (Å²) in [5.74, 6) is 0.764. The first-order valence-corrected chi connectivity index (χ1v) is 12.1. The van der Waals surface area contributed by atoms with Crippen LogP contribution in [0, 0.1) is 5.82 Å². The van der Waals surface area contributed by atoms with E-state index in [9.17, 15) is 12.8 Å². The van der Waals surface area contributed by atoms with Crippen LogP contribution in [0.2, 0.25) is 0 Å². The average Bonchev–Trinajstić information content (AvgIpc) is 3.27. The monoisotopic (exact) mass is 498 g/mol. The van der Waals surface area contributed by atoms with Gasteiger partial charge in [-0.05, 0) is 19.1 Å². The van der Waals surface area contributed by atoms with Crippen molar-refractivity contribution < 1.29 is 22.3 Å². The largest absolute Gasteiger partial charge is 0.494 e. The third-order valence-electron chi connectivity index (χ3n) is 5.23. The molecule has 0 saturated heterocycles. The van der Waals surface area contributed by atoms with Crippen molar-refractivity contribution in [3.63, 3.8) is 0 Å². The van der Waals surface area contributed by atoms with E-state index >= 15 is 0 Å². The lowest BCUT2D eigenvalue weighted by atomic mass is 10.2. The van der Waals surface area contributed by atoms with Crippen LogP contribution in [0.4, 0.5) is 10.3 Å². The van der Waals surface area contributed by atoms with Gasteiger partial charge in [-0.15, -0.1) is 10.2 Å². The summed E-state index contributed by atoms with van der Waals surface area (Å²) in [5, 5.41) is 7.44. The van der Waals surface area contributed by atoms with Gasteiger partial charge in [0.25, 0.3) is 0 Å². The molecular weight excluding hydrogens is 475 g/mol. The van der Waals surface area contributed by atoms with Crippen molar-refractivity contribution in [1.29, 1.82) is 0 Å². The molecule has 0 fully saturated rings. The zero-order chi connectivity index (χ0) is 25.0. The average molecular weight is 499 g/mol. The van der Waals surface area contributed by atoms with Crippen LogP contribution in [0.1, 0.15) is 12.7 Å². The van der Waals surface area contributed by atoms with Gasteiger partial charge in [-0.1, -0.05) is 36.4 Å². The molecule has 12 heteroatoms. The molecule has 0 amide bonds. The smallest absolute Gasteiger partial charge is 0.243 e. The predicted octanol–water partition coefficient (Wildman–Crippen LogP) is 3.25. The van der Waals surface area contributed by atoms with E-state index in [1.165, 1.54) is 25.7 Å². The zero-order valence-electron chi connectivity index (χ0n) is 19.2. The van der Waals surface area contributed by atoms with E-state index in [4.69, 9.17) is 9.47 Å². The first kappa shape index (κ1) is 24.1. The van der Waals surface area contributed by atoms with Gasteiger partial charge in [0.1, 0.15) is 23.0 Å². The van der Waals surface area contributed by atoms with Crippen LogP contribution in [0.25, 0.3) is 17.1 Å². The van der Waals surface area contributed by atoms with Gasteiger partial charge in [0.05, 0.1) is 31.9 Å². The van der Waals surface area contributed by atoms with Crippen LogP contribution >= 0.6 is 0 Å². The first-order valence-electron chi connectivity index (χ1n) is 10.5. The number of nitrogens with one attached hydrogen (secondary N) is 1. The molecular formula is C23H23FN6O4S. The number of halogens is 1. The van der Waals surface area contributed by atoms with E-state index in [0.717, 1.165) is 12.4 Å². The fraction of sp³-hybridized carbons (Fsp3) is 0.217. The minimum absolute atomic E-state index is 0.0345. The summed E-state index contributed by atoms with van der Waals surface area (Å²) in [6.45, 7) is 1.50. The van der Waals surface area contributed by atoms with Crippen molar-refractivity contribution in [3.8, 4) is 28.6 Å². The molecule has 1 N–H and O–H groups in total. The fourth-order valence-corrected chi connectivity index (χ4v) is 4.38. The van der Waals surface area contributed by atoms with Gasteiger partial charge in [0.15, 0.2) is 11.6 Å². The van der Waals surface area contributed by atoms with Crippen LogP contribution < -0.4 is 14.2 Å². The van der Waals surface area contributed by atoms with E-state index < -0.39 is 21.1 Å². The third-order valence-corrected chi connectivity index (χ3v) is 6.92. The highest BCUT2D eigenvalue weighted by molar-refractivity contribution is 7.93. The van der Waals surface area contributed by atoms with E-state index in [0.29, 0.717) is 28.6 Å². The molecule has 0 aliphatic heterocycles. The SMILES string of the molecule is COc1cccc(OC)c1-n1c(NS(=O)(=O)C(C)Cc2ncc(F)cn2)nnc1-c1ccccc1. The van der Waals surface area contributed by atoms with Crippen molar-refractivity contribution in [1.82, 2.24) is 24.7 Å². The number of hydrogen-bond acceptors (Lipinski definition) is 8.